The van der Waals surface area contributed by atoms with Crippen molar-refractivity contribution in [3.05, 3.63) is 40.1 Å². The van der Waals surface area contributed by atoms with E-state index in [9.17, 15) is 4.79 Å². The van der Waals surface area contributed by atoms with Crippen molar-refractivity contribution in [2.75, 3.05) is 20.1 Å². The molecule has 0 aromatic carbocycles. The second kappa shape index (κ2) is 7.35. The van der Waals surface area contributed by atoms with Gasteiger partial charge in [-0.15, -0.1) is 0 Å². The van der Waals surface area contributed by atoms with Crippen molar-refractivity contribution >= 4 is 0 Å². The zero-order valence-electron chi connectivity index (χ0n) is 16.9. The van der Waals surface area contributed by atoms with Gasteiger partial charge in [-0.25, -0.2) is 9.67 Å². The lowest BCUT2D eigenvalue weighted by atomic mass is 10.0. The Morgan fingerprint density at radius 2 is 1.93 bits per heavy atom. The fourth-order valence-electron chi connectivity index (χ4n) is 3.83. The molecule has 1 saturated heterocycles. The summed E-state index contributed by atoms with van der Waals surface area (Å²) in [4.78, 5) is 22.2. The van der Waals surface area contributed by atoms with E-state index in [0.29, 0.717) is 5.82 Å². The quantitative estimate of drug-likeness (QED) is 0.724. The topological polar surface area (TPSA) is 95.5 Å². The number of likely N-dealkylation sites (tertiary alicyclic amines) is 1. The van der Waals surface area contributed by atoms with E-state index < -0.39 is 0 Å². The Labute approximate surface area is 164 Å². The Morgan fingerprint density at radius 3 is 2.57 bits per heavy atom. The number of aromatic amines is 2. The van der Waals surface area contributed by atoms with Crippen molar-refractivity contribution in [3.8, 4) is 22.8 Å². The minimum Gasteiger partial charge on any atom is -0.325 e. The Hall–Kier alpha value is -2.74. The minimum atomic E-state index is -0.0938. The van der Waals surface area contributed by atoms with Crippen LogP contribution < -0.4 is 5.56 Å². The van der Waals surface area contributed by atoms with Gasteiger partial charge in [0.15, 0.2) is 11.6 Å². The van der Waals surface area contributed by atoms with Crippen LogP contribution in [0.15, 0.2) is 23.1 Å². The first-order valence-corrected chi connectivity index (χ1v) is 9.83. The molecule has 0 unspecified atom stereocenters. The molecule has 8 nitrogen and oxygen atoms in total. The van der Waals surface area contributed by atoms with Crippen LogP contribution in [0, 0.1) is 6.92 Å². The van der Waals surface area contributed by atoms with Crippen LogP contribution in [0.3, 0.4) is 0 Å². The molecule has 0 saturated carbocycles. The summed E-state index contributed by atoms with van der Waals surface area (Å²) >= 11 is 0. The molecule has 3 aromatic heterocycles. The third-order valence-corrected chi connectivity index (χ3v) is 5.50. The van der Waals surface area contributed by atoms with Gasteiger partial charge >= 0.3 is 0 Å². The monoisotopic (exact) mass is 381 g/mol. The van der Waals surface area contributed by atoms with Crippen LogP contribution in [0.2, 0.25) is 0 Å². The number of aryl methyl sites for hydroxylation is 1. The van der Waals surface area contributed by atoms with Gasteiger partial charge < -0.3 is 9.88 Å². The van der Waals surface area contributed by atoms with Crippen LogP contribution >= 0.6 is 0 Å². The smallest absolute Gasteiger partial charge is 0.248 e. The summed E-state index contributed by atoms with van der Waals surface area (Å²) in [6.45, 7) is 8.19. The lowest BCUT2D eigenvalue weighted by Gasteiger charge is -2.29. The van der Waals surface area contributed by atoms with Gasteiger partial charge in [-0.1, -0.05) is 13.8 Å². The van der Waals surface area contributed by atoms with E-state index in [1.165, 1.54) is 0 Å². The predicted molar refractivity (Wildman–Crippen MR) is 108 cm³/mol. The zero-order chi connectivity index (χ0) is 19.8. The Kier molecular flexibility index (Phi) is 4.89. The highest BCUT2D eigenvalue weighted by Crippen LogP contribution is 2.32. The summed E-state index contributed by atoms with van der Waals surface area (Å²) in [5, 5.41) is 12.0. The molecule has 3 aromatic rings. The lowest BCUT2D eigenvalue weighted by molar-refractivity contribution is 0.213. The summed E-state index contributed by atoms with van der Waals surface area (Å²) in [6, 6.07) is 3.72. The number of nitrogens with one attached hydrogen (secondary N) is 2. The highest BCUT2D eigenvalue weighted by Gasteiger charge is 2.26. The summed E-state index contributed by atoms with van der Waals surface area (Å²) in [6.07, 6.45) is 3.82. The number of rotatable bonds is 4. The van der Waals surface area contributed by atoms with Crippen molar-refractivity contribution in [3.63, 3.8) is 0 Å². The molecule has 0 aliphatic carbocycles. The molecule has 8 heteroatoms. The first-order chi connectivity index (χ1) is 13.4. The Balaban J connectivity index is 1.87. The molecule has 0 radical (unpaired) electrons. The first-order valence-electron chi connectivity index (χ1n) is 9.83. The minimum absolute atomic E-state index is 0.0938. The number of nitrogens with zero attached hydrogens (tertiary/aromatic N) is 5. The average molecular weight is 381 g/mol. The zero-order valence-corrected chi connectivity index (χ0v) is 16.9. The summed E-state index contributed by atoms with van der Waals surface area (Å²) in [7, 11) is 2.15. The van der Waals surface area contributed by atoms with Gasteiger partial charge in [-0.2, -0.15) is 10.2 Å². The van der Waals surface area contributed by atoms with Crippen LogP contribution in [0.25, 0.3) is 22.8 Å². The van der Waals surface area contributed by atoms with Gasteiger partial charge in [0, 0.05) is 23.0 Å². The molecule has 1 aliphatic heterocycles. The Bertz CT molecular complexity index is 1020. The van der Waals surface area contributed by atoms with Crippen molar-refractivity contribution in [2.24, 2.45) is 0 Å². The molecule has 2 N–H and O–H groups in total. The van der Waals surface area contributed by atoms with E-state index in [0.717, 1.165) is 54.3 Å². The average Bonchev–Trinajstić information content (AvgIpc) is 3.28. The van der Waals surface area contributed by atoms with E-state index in [1.807, 2.05) is 13.0 Å². The van der Waals surface area contributed by atoms with Gasteiger partial charge in [-0.3, -0.25) is 9.89 Å². The number of H-pyrrole nitrogens is 2. The number of piperidine rings is 1. The van der Waals surface area contributed by atoms with E-state index in [4.69, 9.17) is 10.1 Å². The van der Waals surface area contributed by atoms with Crippen LogP contribution in [0.1, 0.15) is 50.0 Å². The SMILES string of the molecule is Cc1[nH]ncc1-c1nc(-c2ccc(=O)[nH]c2C(C)C)n(C2CCN(C)CC2)n1. The summed E-state index contributed by atoms with van der Waals surface area (Å²) in [5.41, 5.74) is 3.59. The molecular weight excluding hydrogens is 354 g/mol. The van der Waals surface area contributed by atoms with Gasteiger partial charge in [-0.05, 0) is 51.9 Å². The van der Waals surface area contributed by atoms with Crippen molar-refractivity contribution in [1.29, 1.82) is 0 Å². The van der Waals surface area contributed by atoms with Gasteiger partial charge in [0.25, 0.3) is 0 Å². The van der Waals surface area contributed by atoms with Crippen molar-refractivity contribution < 1.29 is 0 Å². The maximum Gasteiger partial charge on any atom is 0.248 e. The summed E-state index contributed by atoms with van der Waals surface area (Å²) < 4.78 is 2.06. The predicted octanol–water partition coefficient (Wildman–Crippen LogP) is 2.72. The third-order valence-electron chi connectivity index (χ3n) is 5.50. The van der Waals surface area contributed by atoms with E-state index in [2.05, 4.69) is 45.7 Å². The highest BCUT2D eigenvalue weighted by atomic mass is 16.1. The molecule has 0 bridgehead atoms. The number of hydrogen-bond acceptors (Lipinski definition) is 5. The van der Waals surface area contributed by atoms with Gasteiger partial charge in [0.05, 0.1) is 17.8 Å². The second-order valence-corrected chi connectivity index (χ2v) is 7.95. The molecule has 148 valence electrons. The largest absolute Gasteiger partial charge is 0.325 e. The number of hydrogen-bond donors (Lipinski definition) is 2. The maximum absolute atomic E-state index is 11.9. The van der Waals surface area contributed by atoms with E-state index in [1.54, 1.807) is 12.3 Å². The fraction of sp³-hybridized carbons (Fsp3) is 0.500. The third kappa shape index (κ3) is 3.40. The second-order valence-electron chi connectivity index (χ2n) is 7.95. The maximum atomic E-state index is 11.9. The van der Waals surface area contributed by atoms with E-state index >= 15 is 0 Å². The van der Waals surface area contributed by atoms with Crippen LogP contribution in [-0.4, -0.2) is 55.0 Å². The standard InChI is InChI=1S/C20H27N7O/c1-12(2)18-15(5-6-17(28)22-18)20-23-19(16-11-21-24-13(16)3)25-27(20)14-7-9-26(4)10-8-14/h5-6,11-12,14H,7-10H2,1-4H3,(H,21,24)(H,22,28). The normalized spacial score (nSPS) is 16.2. The van der Waals surface area contributed by atoms with Crippen molar-refractivity contribution in [2.45, 2.75) is 45.6 Å². The van der Waals surface area contributed by atoms with E-state index in [-0.39, 0.29) is 17.5 Å². The highest BCUT2D eigenvalue weighted by molar-refractivity contribution is 5.64. The molecule has 4 rings (SSSR count). The van der Waals surface area contributed by atoms with Gasteiger partial charge in [0.1, 0.15) is 0 Å². The Morgan fingerprint density at radius 1 is 1.18 bits per heavy atom. The van der Waals surface area contributed by atoms with Gasteiger partial charge in [0.2, 0.25) is 5.56 Å². The van der Waals surface area contributed by atoms with Crippen LogP contribution in [0.5, 0.6) is 0 Å². The number of pyridine rings is 1. The first kappa shape index (κ1) is 18.6. The molecule has 1 aliphatic rings. The summed E-state index contributed by atoms with van der Waals surface area (Å²) in [5.74, 6) is 1.65. The molecular formula is C20H27N7O. The van der Waals surface area contributed by atoms with Crippen LogP contribution in [0.4, 0.5) is 0 Å². The lowest BCUT2D eigenvalue weighted by Crippen LogP contribution is -2.32. The fourth-order valence-corrected chi connectivity index (χ4v) is 3.83. The molecule has 0 amide bonds. The van der Waals surface area contributed by atoms with Crippen molar-refractivity contribution in [1.82, 2.24) is 34.8 Å². The molecule has 1 fully saturated rings. The molecule has 0 spiro atoms. The molecule has 0 atom stereocenters. The molecule has 4 heterocycles. The van der Waals surface area contributed by atoms with Crippen LogP contribution in [-0.2, 0) is 0 Å². The molecule has 28 heavy (non-hydrogen) atoms. The number of aromatic nitrogens is 6.